The highest BCUT2D eigenvalue weighted by Crippen LogP contribution is 2.31. The number of hydrogen-bond donors (Lipinski definition) is 1. The molecule has 9 nitrogen and oxygen atoms in total. The molecule has 1 unspecified atom stereocenters. The molecule has 1 atom stereocenters. The summed E-state index contributed by atoms with van der Waals surface area (Å²) < 4.78 is 80.4. The Labute approximate surface area is 192 Å². The van der Waals surface area contributed by atoms with Crippen molar-refractivity contribution in [1.82, 2.24) is 13.5 Å². The van der Waals surface area contributed by atoms with Gasteiger partial charge in [0, 0.05) is 52.1 Å². The molecule has 0 aliphatic carbocycles. The molecule has 0 spiro atoms. The number of carbonyl (C=O) groups excluding carboxylic acids is 1. The van der Waals surface area contributed by atoms with Crippen LogP contribution in [0.3, 0.4) is 0 Å². The molecule has 3 fully saturated rings. The lowest BCUT2D eigenvalue weighted by molar-refractivity contribution is -0.142. The van der Waals surface area contributed by atoms with Gasteiger partial charge in [-0.1, -0.05) is 0 Å². The van der Waals surface area contributed by atoms with E-state index in [1.807, 2.05) is 0 Å². The largest absolute Gasteiger partial charge is 0.390 e. The van der Waals surface area contributed by atoms with Gasteiger partial charge in [-0.3, -0.25) is 4.79 Å². The van der Waals surface area contributed by atoms with E-state index in [0.29, 0.717) is 12.8 Å². The average molecular weight is 508 g/mol. The maximum absolute atomic E-state index is 13.4. The molecular formula is C20H27F2N3O6S2. The second-order valence-electron chi connectivity index (χ2n) is 8.83. The molecule has 184 valence electrons. The lowest BCUT2D eigenvalue weighted by Gasteiger charge is -2.37. The zero-order chi connectivity index (χ0) is 24.0. The summed E-state index contributed by atoms with van der Waals surface area (Å²) in [6.45, 7) is 0.0915. The number of nitrogens with zero attached hydrogens (tertiary/aromatic N) is 3. The monoisotopic (exact) mass is 507 g/mol. The first kappa shape index (κ1) is 24.5. The maximum atomic E-state index is 13.4. The average Bonchev–Trinajstić information content (AvgIpc) is 2.76. The topological polar surface area (TPSA) is 115 Å². The minimum Gasteiger partial charge on any atom is -0.390 e. The van der Waals surface area contributed by atoms with Crippen LogP contribution >= 0.6 is 0 Å². The van der Waals surface area contributed by atoms with Gasteiger partial charge in [-0.25, -0.2) is 25.6 Å². The van der Waals surface area contributed by atoms with Crippen LogP contribution in [0.4, 0.5) is 8.78 Å². The number of aliphatic hydroxyl groups excluding tert-OH is 1. The second kappa shape index (κ2) is 8.84. The summed E-state index contributed by atoms with van der Waals surface area (Å²) in [7, 11) is -7.77. The Bertz CT molecular complexity index is 1100. The smallest absolute Gasteiger partial charge is 0.251 e. The van der Waals surface area contributed by atoms with Crippen molar-refractivity contribution in [3.05, 3.63) is 24.3 Å². The Morgan fingerprint density at radius 2 is 1.39 bits per heavy atom. The lowest BCUT2D eigenvalue weighted by atomic mass is 9.96. The second-order valence-corrected chi connectivity index (χ2v) is 12.7. The van der Waals surface area contributed by atoms with Crippen LogP contribution in [0.25, 0.3) is 0 Å². The van der Waals surface area contributed by atoms with Crippen molar-refractivity contribution in [2.45, 2.75) is 47.5 Å². The highest BCUT2D eigenvalue weighted by atomic mass is 32.2. The van der Waals surface area contributed by atoms with Crippen molar-refractivity contribution in [3.8, 4) is 0 Å². The standard InChI is InChI=1S/C20H27F2N3O6S2/c21-20(22)7-10-23(11-8-20)19(27)15-2-1-9-24(12-15)32(28,29)17-3-5-18(6-4-17)33(30,31)25-13-16(26)14-25/h3-6,15-16,26H,1-2,7-14H2. The molecule has 3 aliphatic rings. The third kappa shape index (κ3) is 4.92. The Morgan fingerprint density at radius 1 is 0.879 bits per heavy atom. The number of likely N-dealkylation sites (tertiary alicyclic amines) is 1. The summed E-state index contributed by atoms with van der Waals surface area (Å²) in [6.07, 6.45) is -0.534. The van der Waals surface area contributed by atoms with E-state index in [4.69, 9.17) is 0 Å². The van der Waals surface area contributed by atoms with Crippen LogP contribution in [0.1, 0.15) is 25.7 Å². The van der Waals surface area contributed by atoms with Gasteiger partial charge in [0.05, 0.1) is 21.8 Å². The third-order valence-corrected chi connectivity index (χ3v) is 10.2. The van der Waals surface area contributed by atoms with E-state index in [1.165, 1.54) is 33.5 Å². The molecule has 1 aromatic carbocycles. The number of halogens is 2. The summed E-state index contributed by atoms with van der Waals surface area (Å²) in [5.41, 5.74) is 0. The van der Waals surface area contributed by atoms with E-state index in [9.17, 15) is 35.5 Å². The van der Waals surface area contributed by atoms with E-state index >= 15 is 0 Å². The molecule has 33 heavy (non-hydrogen) atoms. The van der Waals surface area contributed by atoms with Crippen LogP contribution in [-0.2, 0) is 24.8 Å². The zero-order valence-corrected chi connectivity index (χ0v) is 19.6. The van der Waals surface area contributed by atoms with Crippen molar-refractivity contribution >= 4 is 26.0 Å². The number of amides is 1. The van der Waals surface area contributed by atoms with Crippen molar-refractivity contribution in [2.24, 2.45) is 5.92 Å². The Kier molecular flexibility index (Phi) is 6.55. The van der Waals surface area contributed by atoms with Crippen LogP contribution in [0.15, 0.2) is 34.1 Å². The molecule has 4 rings (SSSR count). The number of sulfonamides is 2. The third-order valence-electron chi connectivity index (χ3n) is 6.47. The lowest BCUT2D eigenvalue weighted by Crippen LogP contribution is -2.53. The molecule has 1 amide bonds. The number of rotatable bonds is 5. The van der Waals surface area contributed by atoms with Gasteiger partial charge < -0.3 is 10.0 Å². The van der Waals surface area contributed by atoms with Gasteiger partial charge >= 0.3 is 0 Å². The molecule has 0 aromatic heterocycles. The van der Waals surface area contributed by atoms with Crippen LogP contribution in [-0.4, -0.2) is 92.7 Å². The summed E-state index contributed by atoms with van der Waals surface area (Å²) >= 11 is 0. The van der Waals surface area contributed by atoms with Crippen LogP contribution in [0.5, 0.6) is 0 Å². The van der Waals surface area contributed by atoms with Crippen LogP contribution < -0.4 is 0 Å². The van der Waals surface area contributed by atoms with E-state index in [2.05, 4.69) is 0 Å². The molecule has 3 saturated heterocycles. The van der Waals surface area contributed by atoms with Gasteiger partial charge in [0.2, 0.25) is 26.0 Å². The fourth-order valence-corrected chi connectivity index (χ4v) is 7.41. The van der Waals surface area contributed by atoms with E-state index in [1.54, 1.807) is 0 Å². The summed E-state index contributed by atoms with van der Waals surface area (Å²) in [6, 6.07) is 4.87. The minimum absolute atomic E-state index is 0.000236. The molecule has 0 bridgehead atoms. The predicted octanol–water partition coefficient (Wildman–Crippen LogP) is 0.710. The number of hydrogen-bond acceptors (Lipinski definition) is 6. The van der Waals surface area contributed by atoms with E-state index in [0.717, 1.165) is 4.31 Å². The molecule has 0 saturated carbocycles. The first-order valence-electron chi connectivity index (χ1n) is 10.9. The molecule has 1 N–H and O–H groups in total. The molecule has 1 aromatic rings. The van der Waals surface area contributed by atoms with Gasteiger partial charge in [0.25, 0.3) is 5.92 Å². The molecule has 3 heterocycles. The maximum Gasteiger partial charge on any atom is 0.251 e. The fourth-order valence-electron chi connectivity index (χ4n) is 4.37. The van der Waals surface area contributed by atoms with E-state index < -0.39 is 38.0 Å². The highest BCUT2D eigenvalue weighted by molar-refractivity contribution is 7.89. The zero-order valence-electron chi connectivity index (χ0n) is 17.9. The molecule has 0 radical (unpaired) electrons. The number of benzene rings is 1. The SMILES string of the molecule is O=C(C1CCCN(S(=O)(=O)c2ccc(S(=O)(=O)N3CC(O)C3)cc2)C1)N1CCC(F)(F)CC1. The first-order chi connectivity index (χ1) is 15.4. The molecule has 13 heteroatoms. The van der Waals surface area contributed by atoms with Gasteiger partial charge in [-0.05, 0) is 37.1 Å². The quantitative estimate of drug-likeness (QED) is 0.628. The van der Waals surface area contributed by atoms with Crippen molar-refractivity contribution in [2.75, 3.05) is 39.3 Å². The Hall–Kier alpha value is -1.67. The van der Waals surface area contributed by atoms with Crippen molar-refractivity contribution < 1.29 is 35.5 Å². The number of aliphatic hydroxyl groups is 1. The van der Waals surface area contributed by atoms with Crippen LogP contribution in [0, 0.1) is 5.92 Å². The predicted molar refractivity (Wildman–Crippen MR) is 113 cm³/mol. The first-order valence-corrected chi connectivity index (χ1v) is 13.7. The fraction of sp³-hybridized carbons (Fsp3) is 0.650. The molecular weight excluding hydrogens is 480 g/mol. The van der Waals surface area contributed by atoms with E-state index in [-0.39, 0.29) is 67.8 Å². The van der Waals surface area contributed by atoms with Gasteiger partial charge in [0.1, 0.15) is 0 Å². The number of β-amino-alcohol motifs (C(OH)–C–C–N with tert-alkyl or cyclic N) is 1. The summed E-state index contributed by atoms with van der Waals surface area (Å²) in [5.74, 6) is -3.67. The summed E-state index contributed by atoms with van der Waals surface area (Å²) in [4.78, 5) is 14.1. The van der Waals surface area contributed by atoms with Gasteiger partial charge in [-0.15, -0.1) is 0 Å². The number of carbonyl (C=O) groups is 1. The van der Waals surface area contributed by atoms with Crippen LogP contribution in [0.2, 0.25) is 0 Å². The van der Waals surface area contributed by atoms with Gasteiger partial charge in [-0.2, -0.15) is 8.61 Å². The normalized spacial score (nSPS) is 25.5. The number of piperidine rings is 2. The Balaban J connectivity index is 1.44. The van der Waals surface area contributed by atoms with Crippen molar-refractivity contribution in [3.63, 3.8) is 0 Å². The Morgan fingerprint density at radius 3 is 1.91 bits per heavy atom. The van der Waals surface area contributed by atoms with Gasteiger partial charge in [0.15, 0.2) is 0 Å². The molecule has 3 aliphatic heterocycles. The highest BCUT2D eigenvalue weighted by Gasteiger charge is 2.40. The summed E-state index contributed by atoms with van der Waals surface area (Å²) in [5, 5.41) is 9.34. The van der Waals surface area contributed by atoms with Crippen molar-refractivity contribution in [1.29, 1.82) is 0 Å². The minimum atomic E-state index is -3.97. The number of alkyl halides is 2.